The Morgan fingerprint density at radius 3 is 1.20 bits per heavy atom. The van der Waals surface area contributed by atoms with Gasteiger partial charge in [0.25, 0.3) is 0 Å². The molecule has 0 radical (unpaired) electrons. The average molecular weight is 188 g/mol. The van der Waals surface area contributed by atoms with Crippen LogP contribution >= 0.6 is 20.4 Å². The standard InChI is InChI=1S/3ClH.Na.Ni/h3*1H;;/q;;;+1;+2/p-3. The molecule has 0 aliphatic heterocycles. The van der Waals surface area contributed by atoms with Crippen LogP contribution in [0.1, 0.15) is 0 Å². The molecule has 0 unspecified atom stereocenters. The minimum atomic E-state index is 0. The Bertz CT molecular complexity index is 6.85. The maximum atomic E-state index is 4.70. The molecule has 0 amide bonds. The van der Waals surface area contributed by atoms with E-state index in [9.17, 15) is 0 Å². The van der Waals surface area contributed by atoms with Crippen LogP contribution in [0.2, 0.25) is 0 Å². The largest absolute Gasteiger partial charge is 1.00 e. The van der Waals surface area contributed by atoms with Crippen molar-refractivity contribution in [2.45, 2.75) is 0 Å². The fourth-order valence-corrected chi connectivity index (χ4v) is 0. The van der Waals surface area contributed by atoms with Gasteiger partial charge < -0.3 is 12.4 Å². The molecular weight excluding hydrogens is 188 g/mol. The van der Waals surface area contributed by atoms with Crippen LogP contribution < -0.4 is 42.0 Å². The third-order valence-corrected chi connectivity index (χ3v) is 0. The Morgan fingerprint density at radius 1 is 1.20 bits per heavy atom. The molecule has 0 saturated heterocycles. The van der Waals surface area contributed by atoms with Crippen LogP contribution in [0, 0.1) is 0 Å². The average Bonchev–Trinajstić information content (AvgIpc) is 0.918. The topological polar surface area (TPSA) is 0 Å². The molecule has 0 saturated carbocycles. The van der Waals surface area contributed by atoms with Crippen molar-refractivity contribution in [2.75, 3.05) is 0 Å². The summed E-state index contributed by atoms with van der Waals surface area (Å²) in [6.45, 7) is 0. The van der Waals surface area contributed by atoms with E-state index in [2.05, 4.69) is 0 Å². The SMILES string of the molecule is [Cl-].[Cl][Ni][Cl].[Na+]. The number of rotatable bonds is 0. The summed E-state index contributed by atoms with van der Waals surface area (Å²) in [4.78, 5) is 0. The summed E-state index contributed by atoms with van der Waals surface area (Å²) in [6, 6.07) is 0. The van der Waals surface area contributed by atoms with Gasteiger partial charge in [-0.25, -0.2) is 0 Å². The Hall–Kier alpha value is 2.36. The molecule has 0 heterocycles. The van der Waals surface area contributed by atoms with E-state index in [-0.39, 0.29) is 42.0 Å². The summed E-state index contributed by atoms with van der Waals surface area (Å²) in [6.07, 6.45) is 0. The quantitative estimate of drug-likeness (QED) is 0.335. The van der Waals surface area contributed by atoms with Gasteiger partial charge in [0.05, 0.1) is 0 Å². The van der Waals surface area contributed by atoms with E-state index in [0.29, 0.717) is 12.7 Å². The summed E-state index contributed by atoms with van der Waals surface area (Å²) in [5, 5.41) is 0. The molecule has 0 fully saturated rings. The smallest absolute Gasteiger partial charge is 1.00 e. The Balaban J connectivity index is -0.0000000200. The van der Waals surface area contributed by atoms with Gasteiger partial charge in [0.2, 0.25) is 0 Å². The zero-order chi connectivity index (χ0) is 2.71. The second-order valence-corrected chi connectivity index (χ2v) is 1.68. The van der Waals surface area contributed by atoms with Crippen LogP contribution in [0.25, 0.3) is 0 Å². The predicted octanol–water partition coefficient (Wildman–Crippen LogP) is -4.62. The molecule has 5 heavy (non-hydrogen) atoms. The molecule has 0 spiro atoms. The van der Waals surface area contributed by atoms with E-state index < -0.39 is 0 Å². The zero-order valence-corrected chi connectivity index (χ0v) is 7.71. The summed E-state index contributed by atoms with van der Waals surface area (Å²) in [5.74, 6) is 0. The molecule has 0 aromatic heterocycles. The first kappa shape index (κ1) is 15.7. The van der Waals surface area contributed by atoms with Crippen molar-refractivity contribution in [3.63, 3.8) is 0 Å². The van der Waals surface area contributed by atoms with Crippen molar-refractivity contribution in [2.24, 2.45) is 0 Å². The minimum Gasteiger partial charge on any atom is 1.00 e. The van der Waals surface area contributed by atoms with Gasteiger partial charge in [-0.2, -0.15) is 0 Å². The number of hydrogen-bond donors (Lipinski definition) is 0. The Morgan fingerprint density at radius 2 is 1.20 bits per heavy atom. The number of halogens is 3. The van der Waals surface area contributed by atoms with E-state index in [1.54, 1.807) is 0 Å². The molecule has 0 aromatic carbocycles. The van der Waals surface area contributed by atoms with Crippen LogP contribution in [-0.4, -0.2) is 0 Å². The molecular formula is Cl3NaNi. The van der Waals surface area contributed by atoms with E-state index in [0.717, 1.165) is 0 Å². The van der Waals surface area contributed by atoms with Crippen LogP contribution in [0.4, 0.5) is 0 Å². The fourth-order valence-electron chi connectivity index (χ4n) is 0. The molecule has 0 nitrogen and oxygen atoms in total. The third-order valence-electron chi connectivity index (χ3n) is 0. The summed E-state index contributed by atoms with van der Waals surface area (Å²) >= 11 is 0.569. The van der Waals surface area contributed by atoms with Crippen molar-refractivity contribution in [3.05, 3.63) is 0 Å². The Labute approximate surface area is 74.0 Å². The van der Waals surface area contributed by atoms with E-state index in [1.807, 2.05) is 0 Å². The van der Waals surface area contributed by atoms with Gasteiger partial charge in [-0.1, -0.05) is 0 Å². The molecule has 0 N–H and O–H groups in total. The Kier molecular flexibility index (Phi) is 50.7. The first-order valence-corrected chi connectivity index (χ1v) is 2.96. The minimum absolute atomic E-state index is 0. The summed E-state index contributed by atoms with van der Waals surface area (Å²) in [7, 11) is 9.40. The molecule has 0 bridgehead atoms. The van der Waals surface area contributed by atoms with Crippen molar-refractivity contribution >= 4 is 20.4 Å². The normalized spacial score (nSPS) is 4.40. The van der Waals surface area contributed by atoms with Gasteiger partial charge in [0.15, 0.2) is 0 Å². The van der Waals surface area contributed by atoms with Crippen molar-refractivity contribution in [1.29, 1.82) is 0 Å². The molecule has 0 atom stereocenters. The fraction of sp³-hybridized carbons (Fsp3) is 0. The monoisotopic (exact) mass is 186 g/mol. The third kappa shape index (κ3) is 21.7. The van der Waals surface area contributed by atoms with Gasteiger partial charge in [-0.3, -0.25) is 0 Å². The van der Waals surface area contributed by atoms with E-state index in [4.69, 9.17) is 20.4 Å². The van der Waals surface area contributed by atoms with Crippen molar-refractivity contribution in [1.82, 2.24) is 0 Å². The van der Waals surface area contributed by atoms with Gasteiger partial charge >= 0.3 is 62.6 Å². The molecule has 0 aliphatic rings. The van der Waals surface area contributed by atoms with Crippen LogP contribution in [0.5, 0.6) is 0 Å². The van der Waals surface area contributed by atoms with Gasteiger partial charge in [0.1, 0.15) is 0 Å². The maximum absolute atomic E-state index is 4.70. The van der Waals surface area contributed by atoms with Crippen LogP contribution in [0.3, 0.4) is 0 Å². The summed E-state index contributed by atoms with van der Waals surface area (Å²) < 4.78 is 0. The second-order valence-electron chi connectivity index (χ2n) is 0.0452. The van der Waals surface area contributed by atoms with E-state index in [1.165, 1.54) is 0 Å². The maximum Gasteiger partial charge on any atom is 1.00 e. The first-order chi connectivity index (χ1) is 1.41. The second kappa shape index (κ2) is 16.2. The van der Waals surface area contributed by atoms with Crippen molar-refractivity contribution in [3.8, 4) is 0 Å². The van der Waals surface area contributed by atoms with Crippen molar-refractivity contribution < 1.29 is 54.6 Å². The molecule has 0 aromatic rings. The van der Waals surface area contributed by atoms with Gasteiger partial charge in [-0.05, 0) is 0 Å². The van der Waals surface area contributed by atoms with Gasteiger partial charge in [0, 0.05) is 0 Å². The summed E-state index contributed by atoms with van der Waals surface area (Å²) in [5.41, 5.74) is 0. The van der Waals surface area contributed by atoms with Crippen LogP contribution in [-0.2, 0) is 12.7 Å². The molecule has 5 heteroatoms. The molecule has 0 rings (SSSR count). The predicted molar refractivity (Wildman–Crippen MR) is 11.7 cm³/mol. The number of hydrogen-bond acceptors (Lipinski definition) is 0. The molecule has 0 aliphatic carbocycles. The first-order valence-electron chi connectivity index (χ1n) is 0.239. The zero-order valence-electron chi connectivity index (χ0n) is 2.45. The van der Waals surface area contributed by atoms with E-state index >= 15 is 0 Å². The van der Waals surface area contributed by atoms with Crippen LogP contribution in [0.15, 0.2) is 0 Å². The molecule has 32 valence electrons. The van der Waals surface area contributed by atoms with Gasteiger partial charge in [-0.15, -0.1) is 0 Å².